The highest BCUT2D eigenvalue weighted by molar-refractivity contribution is 5.81. The van der Waals surface area contributed by atoms with Gasteiger partial charge in [-0.25, -0.2) is 4.79 Å². The molecule has 2 aromatic carbocycles. The molecule has 3 N–H and O–H groups in total. The van der Waals surface area contributed by atoms with Gasteiger partial charge < -0.3 is 20.5 Å². The number of alkyl carbamates (subject to hydrolysis) is 1. The third kappa shape index (κ3) is 3.96. The summed E-state index contributed by atoms with van der Waals surface area (Å²) in [5.74, 6) is -0.781. The van der Waals surface area contributed by atoms with Gasteiger partial charge in [0.1, 0.15) is 6.61 Å². The molecule has 2 fully saturated rings. The van der Waals surface area contributed by atoms with Crippen LogP contribution in [-0.4, -0.2) is 41.8 Å². The van der Waals surface area contributed by atoms with Crippen LogP contribution in [0.2, 0.25) is 0 Å². The standard InChI is InChI=1S/C26H28N2O5/c1-15(10-23(29)28-17-11-16-12-26(16,13-17)24(30)31)27-25(32)33-14-22-20-8-4-2-6-18(20)19-7-3-5-9-21(19)22/h2-9,15-17,22H,10-14H2,1H3,(H,27,32)(H,28,29)(H,30,31). The lowest BCUT2D eigenvalue weighted by Gasteiger charge is -2.19. The van der Waals surface area contributed by atoms with E-state index < -0.39 is 23.5 Å². The lowest BCUT2D eigenvalue weighted by molar-refractivity contribution is -0.143. The second-order valence-corrected chi connectivity index (χ2v) is 9.64. The molecule has 0 spiro atoms. The average molecular weight is 449 g/mol. The highest BCUT2D eigenvalue weighted by Crippen LogP contribution is 2.63. The smallest absolute Gasteiger partial charge is 0.407 e. The Labute approximate surface area is 192 Å². The number of carboxylic acid groups (broad SMARTS) is 1. The first-order chi connectivity index (χ1) is 15.9. The van der Waals surface area contributed by atoms with Gasteiger partial charge in [-0.15, -0.1) is 0 Å². The number of hydrogen-bond donors (Lipinski definition) is 3. The van der Waals surface area contributed by atoms with Gasteiger partial charge in [0.25, 0.3) is 0 Å². The Morgan fingerprint density at radius 2 is 1.70 bits per heavy atom. The summed E-state index contributed by atoms with van der Waals surface area (Å²) in [5.41, 5.74) is 4.01. The Morgan fingerprint density at radius 3 is 2.30 bits per heavy atom. The Hall–Kier alpha value is -3.35. The molecule has 0 saturated heterocycles. The van der Waals surface area contributed by atoms with Crippen LogP contribution in [0, 0.1) is 11.3 Å². The van der Waals surface area contributed by atoms with Gasteiger partial charge in [0.2, 0.25) is 5.91 Å². The van der Waals surface area contributed by atoms with E-state index in [1.54, 1.807) is 6.92 Å². The zero-order valence-corrected chi connectivity index (χ0v) is 18.5. The summed E-state index contributed by atoms with van der Waals surface area (Å²) in [6.07, 6.45) is 1.49. The molecule has 0 heterocycles. The third-order valence-electron chi connectivity index (χ3n) is 7.40. The molecule has 0 radical (unpaired) electrons. The molecule has 3 aliphatic rings. The molecule has 3 aliphatic carbocycles. The van der Waals surface area contributed by atoms with Crippen LogP contribution in [0.15, 0.2) is 48.5 Å². The quantitative estimate of drug-likeness (QED) is 0.599. The van der Waals surface area contributed by atoms with Crippen LogP contribution in [0.5, 0.6) is 0 Å². The molecular formula is C26H28N2O5. The van der Waals surface area contributed by atoms with Crippen LogP contribution in [-0.2, 0) is 14.3 Å². The molecule has 33 heavy (non-hydrogen) atoms. The van der Waals surface area contributed by atoms with Gasteiger partial charge in [-0.05, 0) is 54.4 Å². The predicted molar refractivity (Wildman–Crippen MR) is 122 cm³/mol. The van der Waals surface area contributed by atoms with Gasteiger partial charge in [-0.1, -0.05) is 48.5 Å². The number of ether oxygens (including phenoxy) is 1. The lowest BCUT2D eigenvalue weighted by Crippen LogP contribution is -2.41. The summed E-state index contributed by atoms with van der Waals surface area (Å²) < 4.78 is 5.54. The average Bonchev–Trinajstić information content (AvgIpc) is 3.21. The Morgan fingerprint density at radius 1 is 1.06 bits per heavy atom. The molecule has 2 aromatic rings. The van der Waals surface area contributed by atoms with Crippen LogP contribution in [0.25, 0.3) is 11.1 Å². The van der Waals surface area contributed by atoms with Crippen molar-refractivity contribution in [2.24, 2.45) is 11.3 Å². The second-order valence-electron chi connectivity index (χ2n) is 9.64. The van der Waals surface area contributed by atoms with Gasteiger partial charge in [0.15, 0.2) is 0 Å². The molecule has 172 valence electrons. The summed E-state index contributed by atoms with van der Waals surface area (Å²) in [6, 6.07) is 15.8. The number of carboxylic acids is 1. The maximum atomic E-state index is 12.4. The SMILES string of the molecule is CC(CC(=O)NC1CC2CC2(C(=O)O)C1)NC(=O)OCC1c2ccccc2-c2ccccc21. The van der Waals surface area contributed by atoms with Crippen LogP contribution in [0.3, 0.4) is 0 Å². The van der Waals surface area contributed by atoms with Crippen molar-refractivity contribution in [3.8, 4) is 11.1 Å². The first-order valence-corrected chi connectivity index (χ1v) is 11.5. The monoisotopic (exact) mass is 448 g/mol. The molecule has 5 rings (SSSR count). The van der Waals surface area contributed by atoms with Gasteiger partial charge in [-0.2, -0.15) is 0 Å². The number of fused-ring (bicyclic) bond motifs is 4. The molecule has 7 nitrogen and oxygen atoms in total. The first kappa shape index (κ1) is 21.5. The summed E-state index contributed by atoms with van der Waals surface area (Å²) in [5, 5.41) is 15.0. The highest BCUT2D eigenvalue weighted by atomic mass is 16.5. The van der Waals surface area contributed by atoms with Crippen LogP contribution in [0.1, 0.15) is 49.7 Å². The third-order valence-corrected chi connectivity index (χ3v) is 7.40. The highest BCUT2D eigenvalue weighted by Gasteiger charge is 2.65. The van der Waals surface area contributed by atoms with E-state index in [0.29, 0.717) is 19.3 Å². The Kier molecular flexibility index (Phi) is 5.35. The maximum absolute atomic E-state index is 12.4. The van der Waals surface area contributed by atoms with E-state index in [1.165, 1.54) is 11.1 Å². The minimum Gasteiger partial charge on any atom is -0.481 e. The fourth-order valence-corrected chi connectivity index (χ4v) is 5.72. The van der Waals surface area contributed by atoms with Crippen LogP contribution in [0.4, 0.5) is 4.79 Å². The Balaban J connectivity index is 1.10. The number of nitrogens with one attached hydrogen (secondary N) is 2. The van der Waals surface area contributed by atoms with E-state index in [2.05, 4.69) is 34.9 Å². The van der Waals surface area contributed by atoms with E-state index in [1.807, 2.05) is 24.3 Å². The first-order valence-electron chi connectivity index (χ1n) is 11.5. The van der Waals surface area contributed by atoms with E-state index in [-0.39, 0.29) is 36.8 Å². The van der Waals surface area contributed by atoms with Crippen molar-refractivity contribution in [2.45, 2.75) is 50.6 Å². The van der Waals surface area contributed by atoms with Crippen molar-refractivity contribution in [1.29, 1.82) is 0 Å². The minimum absolute atomic E-state index is 0.0166. The van der Waals surface area contributed by atoms with Crippen molar-refractivity contribution in [3.05, 3.63) is 59.7 Å². The predicted octanol–water partition coefficient (Wildman–Crippen LogP) is 3.67. The summed E-state index contributed by atoms with van der Waals surface area (Å²) in [7, 11) is 0. The molecule has 4 unspecified atom stereocenters. The van der Waals surface area contributed by atoms with Crippen molar-refractivity contribution in [2.75, 3.05) is 6.61 Å². The lowest BCUT2D eigenvalue weighted by atomic mass is 9.98. The number of aliphatic carboxylic acids is 1. The maximum Gasteiger partial charge on any atom is 0.407 e. The van der Waals surface area contributed by atoms with Gasteiger partial charge >= 0.3 is 12.1 Å². The van der Waals surface area contributed by atoms with E-state index in [9.17, 15) is 19.5 Å². The van der Waals surface area contributed by atoms with Crippen molar-refractivity contribution in [1.82, 2.24) is 10.6 Å². The number of hydrogen-bond acceptors (Lipinski definition) is 4. The van der Waals surface area contributed by atoms with Gasteiger partial charge in [-0.3, -0.25) is 9.59 Å². The number of carbonyl (C=O) groups is 3. The van der Waals surface area contributed by atoms with Crippen molar-refractivity contribution >= 4 is 18.0 Å². The molecule has 7 heteroatoms. The number of amides is 2. The van der Waals surface area contributed by atoms with E-state index >= 15 is 0 Å². The zero-order valence-electron chi connectivity index (χ0n) is 18.5. The molecule has 0 bridgehead atoms. The number of benzene rings is 2. The van der Waals surface area contributed by atoms with E-state index in [4.69, 9.17) is 4.74 Å². The van der Waals surface area contributed by atoms with Gasteiger partial charge in [0, 0.05) is 24.4 Å². The largest absolute Gasteiger partial charge is 0.481 e. The number of carbonyl (C=O) groups excluding carboxylic acids is 2. The second kappa shape index (κ2) is 8.21. The topological polar surface area (TPSA) is 105 Å². The molecule has 0 aromatic heterocycles. The summed E-state index contributed by atoms with van der Waals surface area (Å²) in [6.45, 7) is 1.98. The zero-order chi connectivity index (χ0) is 23.2. The summed E-state index contributed by atoms with van der Waals surface area (Å²) >= 11 is 0. The van der Waals surface area contributed by atoms with Crippen LogP contribution >= 0.6 is 0 Å². The normalized spacial score (nSPS) is 25.4. The fraction of sp³-hybridized carbons (Fsp3) is 0.423. The molecular weight excluding hydrogens is 420 g/mol. The molecule has 4 atom stereocenters. The molecule has 2 amide bonds. The minimum atomic E-state index is -0.755. The number of rotatable bonds is 7. The Bertz CT molecular complexity index is 1070. The molecule has 2 saturated carbocycles. The van der Waals surface area contributed by atoms with Crippen molar-refractivity contribution in [3.63, 3.8) is 0 Å². The van der Waals surface area contributed by atoms with E-state index in [0.717, 1.165) is 11.1 Å². The van der Waals surface area contributed by atoms with Crippen LogP contribution < -0.4 is 10.6 Å². The summed E-state index contributed by atoms with van der Waals surface area (Å²) in [4.78, 5) is 36.2. The van der Waals surface area contributed by atoms with Gasteiger partial charge in [0.05, 0.1) is 5.41 Å². The molecule has 0 aliphatic heterocycles. The fourth-order valence-electron chi connectivity index (χ4n) is 5.72. The van der Waals surface area contributed by atoms with Crippen molar-refractivity contribution < 1.29 is 24.2 Å².